The summed E-state index contributed by atoms with van der Waals surface area (Å²) in [6.07, 6.45) is 7.93. The van der Waals surface area contributed by atoms with Crippen LogP contribution in [0.25, 0.3) is 0 Å². The van der Waals surface area contributed by atoms with Crippen LogP contribution < -0.4 is 0 Å². The summed E-state index contributed by atoms with van der Waals surface area (Å²) in [5.74, 6) is 0.508. The van der Waals surface area contributed by atoms with E-state index in [1.54, 1.807) is 6.92 Å². The molecule has 2 rings (SSSR count). The molecule has 1 saturated heterocycles. The van der Waals surface area contributed by atoms with Gasteiger partial charge in [0.05, 0.1) is 19.3 Å². The van der Waals surface area contributed by atoms with Crippen molar-refractivity contribution in [3.63, 3.8) is 0 Å². The van der Waals surface area contributed by atoms with E-state index in [4.69, 9.17) is 14.6 Å². The summed E-state index contributed by atoms with van der Waals surface area (Å²) < 4.78 is 10.8. The van der Waals surface area contributed by atoms with Gasteiger partial charge in [-0.2, -0.15) is 0 Å². The quantitative estimate of drug-likeness (QED) is 0.391. The zero-order chi connectivity index (χ0) is 19.2. The van der Waals surface area contributed by atoms with Crippen LogP contribution in [-0.4, -0.2) is 30.9 Å². The van der Waals surface area contributed by atoms with E-state index >= 15 is 0 Å². The summed E-state index contributed by atoms with van der Waals surface area (Å²) in [5.41, 5.74) is 3.17. The average molecular weight is 363 g/mol. The maximum atomic E-state index is 10.2. The van der Waals surface area contributed by atoms with E-state index in [0.717, 1.165) is 17.7 Å². The molecule has 0 aromatic heterocycles. The van der Waals surface area contributed by atoms with Gasteiger partial charge in [0.1, 0.15) is 6.61 Å². The molecule has 1 aliphatic heterocycles. The topological polar surface area (TPSA) is 55.8 Å². The number of hydrogen-bond donors (Lipinski definition) is 1. The molecule has 1 N–H and O–H groups in total. The van der Waals surface area contributed by atoms with Gasteiger partial charge in [0.25, 0.3) is 6.47 Å². The SMILES string of the molecule is C=C(C)CO.CCCCCC1CCC(c2ccc(COC=O)cc2)CO1. The lowest BCUT2D eigenvalue weighted by Crippen LogP contribution is -2.24. The Morgan fingerprint density at radius 2 is 2.00 bits per heavy atom. The number of unbranched alkanes of at least 4 members (excludes halogenated alkanes) is 2. The summed E-state index contributed by atoms with van der Waals surface area (Å²) in [6, 6.07) is 8.34. The Morgan fingerprint density at radius 1 is 1.31 bits per heavy atom. The van der Waals surface area contributed by atoms with Crippen molar-refractivity contribution in [2.24, 2.45) is 0 Å². The van der Waals surface area contributed by atoms with Crippen LogP contribution in [0.4, 0.5) is 0 Å². The van der Waals surface area contributed by atoms with E-state index in [1.807, 2.05) is 12.1 Å². The fourth-order valence-electron chi connectivity index (χ4n) is 2.93. The van der Waals surface area contributed by atoms with Gasteiger partial charge in [-0.3, -0.25) is 4.79 Å². The Labute approximate surface area is 158 Å². The summed E-state index contributed by atoms with van der Waals surface area (Å²) in [4.78, 5) is 10.2. The summed E-state index contributed by atoms with van der Waals surface area (Å²) in [7, 11) is 0. The van der Waals surface area contributed by atoms with Gasteiger partial charge in [-0.1, -0.05) is 62.6 Å². The van der Waals surface area contributed by atoms with Crippen molar-refractivity contribution in [2.45, 2.75) is 71.0 Å². The van der Waals surface area contributed by atoms with E-state index in [2.05, 4.69) is 25.6 Å². The van der Waals surface area contributed by atoms with Gasteiger partial charge in [0.15, 0.2) is 0 Å². The first-order valence-corrected chi connectivity index (χ1v) is 9.61. The van der Waals surface area contributed by atoms with E-state index in [-0.39, 0.29) is 6.61 Å². The zero-order valence-corrected chi connectivity index (χ0v) is 16.3. The standard InChI is InChI=1S/C18H26O3.C4H8O/c1-2-3-4-5-18-11-10-17(13-21-18)16-8-6-15(7-9-16)12-20-14-19;1-4(2)3-5/h6-9,14,17-18H,2-5,10-13H2,1H3;5H,1,3H2,2H3. The van der Waals surface area contributed by atoms with E-state index < -0.39 is 0 Å². The molecule has 4 heteroatoms. The zero-order valence-electron chi connectivity index (χ0n) is 16.3. The highest BCUT2D eigenvalue weighted by Crippen LogP contribution is 2.30. The van der Waals surface area contributed by atoms with Crippen molar-refractivity contribution in [3.8, 4) is 0 Å². The fraction of sp³-hybridized carbons (Fsp3) is 0.591. The number of benzene rings is 1. The van der Waals surface area contributed by atoms with Crippen molar-refractivity contribution in [1.29, 1.82) is 0 Å². The number of aliphatic hydroxyl groups excluding tert-OH is 1. The van der Waals surface area contributed by atoms with Crippen LogP contribution in [0.2, 0.25) is 0 Å². The molecular formula is C22H34O4. The molecule has 1 fully saturated rings. The van der Waals surface area contributed by atoms with Crippen molar-refractivity contribution in [2.75, 3.05) is 13.2 Å². The first-order valence-electron chi connectivity index (χ1n) is 9.61. The second kappa shape index (κ2) is 13.5. The number of hydrogen-bond acceptors (Lipinski definition) is 4. The number of rotatable bonds is 9. The Morgan fingerprint density at radius 3 is 2.50 bits per heavy atom. The molecule has 0 aliphatic carbocycles. The van der Waals surface area contributed by atoms with Crippen LogP contribution in [0, 0.1) is 0 Å². The fourth-order valence-corrected chi connectivity index (χ4v) is 2.93. The molecule has 1 aromatic rings. The molecule has 0 amide bonds. The van der Waals surface area contributed by atoms with E-state index in [0.29, 0.717) is 25.1 Å². The average Bonchev–Trinajstić information content (AvgIpc) is 2.68. The van der Waals surface area contributed by atoms with Crippen LogP contribution in [-0.2, 0) is 20.9 Å². The largest absolute Gasteiger partial charge is 0.463 e. The molecule has 1 aliphatic rings. The molecular weight excluding hydrogens is 328 g/mol. The highest BCUT2D eigenvalue weighted by atomic mass is 16.5. The lowest BCUT2D eigenvalue weighted by atomic mass is 9.90. The highest BCUT2D eigenvalue weighted by Gasteiger charge is 2.22. The van der Waals surface area contributed by atoms with E-state index in [9.17, 15) is 4.79 Å². The Kier molecular flexibility index (Phi) is 11.7. The summed E-state index contributed by atoms with van der Waals surface area (Å²) in [6.45, 7) is 9.22. The molecule has 1 aromatic carbocycles. The van der Waals surface area contributed by atoms with Gasteiger partial charge in [-0.25, -0.2) is 0 Å². The van der Waals surface area contributed by atoms with Crippen LogP contribution in [0.3, 0.4) is 0 Å². The predicted molar refractivity (Wildman–Crippen MR) is 105 cm³/mol. The number of carbonyl (C=O) groups excluding carboxylic acids is 1. The lowest BCUT2D eigenvalue weighted by Gasteiger charge is -2.29. The molecule has 0 bridgehead atoms. The number of aliphatic hydroxyl groups is 1. The van der Waals surface area contributed by atoms with Crippen molar-refractivity contribution >= 4 is 6.47 Å². The van der Waals surface area contributed by atoms with Crippen LogP contribution in [0.15, 0.2) is 36.4 Å². The van der Waals surface area contributed by atoms with Gasteiger partial charge in [-0.05, 0) is 37.3 Å². The molecule has 146 valence electrons. The van der Waals surface area contributed by atoms with Crippen LogP contribution in [0.5, 0.6) is 0 Å². The first kappa shape index (κ1) is 22.4. The molecule has 0 saturated carbocycles. The van der Waals surface area contributed by atoms with Gasteiger partial charge < -0.3 is 14.6 Å². The Bertz CT molecular complexity index is 501. The monoisotopic (exact) mass is 362 g/mol. The smallest absolute Gasteiger partial charge is 0.293 e. The Balaban J connectivity index is 0.000000597. The predicted octanol–water partition coefficient (Wildman–Crippen LogP) is 4.76. The van der Waals surface area contributed by atoms with Crippen LogP contribution in [0.1, 0.15) is 69.4 Å². The minimum Gasteiger partial charge on any atom is -0.463 e. The molecule has 4 nitrogen and oxygen atoms in total. The minimum absolute atomic E-state index is 0.111. The maximum absolute atomic E-state index is 10.2. The third-order valence-electron chi connectivity index (χ3n) is 4.54. The second-order valence-electron chi connectivity index (χ2n) is 6.99. The molecule has 0 spiro atoms. The summed E-state index contributed by atoms with van der Waals surface area (Å²) >= 11 is 0. The molecule has 1 heterocycles. The van der Waals surface area contributed by atoms with Crippen molar-refractivity contribution in [1.82, 2.24) is 0 Å². The number of ether oxygens (including phenoxy) is 2. The van der Waals surface area contributed by atoms with Crippen molar-refractivity contribution < 1.29 is 19.4 Å². The second-order valence-corrected chi connectivity index (χ2v) is 6.99. The van der Waals surface area contributed by atoms with Gasteiger partial charge in [-0.15, -0.1) is 0 Å². The van der Waals surface area contributed by atoms with E-state index in [1.165, 1.54) is 44.1 Å². The lowest BCUT2D eigenvalue weighted by molar-refractivity contribution is -0.129. The minimum atomic E-state index is 0.111. The van der Waals surface area contributed by atoms with Gasteiger partial charge in [0.2, 0.25) is 0 Å². The normalized spacial score (nSPS) is 19.2. The molecule has 2 unspecified atom stereocenters. The first-order chi connectivity index (χ1) is 12.6. The molecule has 0 radical (unpaired) electrons. The van der Waals surface area contributed by atoms with Gasteiger partial charge in [0, 0.05) is 5.92 Å². The summed E-state index contributed by atoms with van der Waals surface area (Å²) in [5, 5.41) is 8.04. The third kappa shape index (κ3) is 9.16. The third-order valence-corrected chi connectivity index (χ3v) is 4.54. The highest BCUT2D eigenvalue weighted by molar-refractivity contribution is 5.37. The van der Waals surface area contributed by atoms with Crippen LogP contribution >= 0.6 is 0 Å². The Hall–Kier alpha value is -1.65. The molecule has 26 heavy (non-hydrogen) atoms. The maximum Gasteiger partial charge on any atom is 0.293 e. The van der Waals surface area contributed by atoms with Crippen molar-refractivity contribution in [3.05, 3.63) is 47.5 Å². The molecule has 2 atom stereocenters. The number of carbonyl (C=O) groups is 1. The van der Waals surface area contributed by atoms with Gasteiger partial charge >= 0.3 is 0 Å².